The standard InChI is InChI=1S/C23H28N2O4S/c1-16-7-9-20(10-8-16)30(27,28)24-12-11-23-22(14-24)21(15-25(23)17(2)26)18-5-4-6-19(13-18)29-3/h4-10,13,21-23H,11-12,14-15H2,1-3H3/t21-,22-,23-/m0/s1. The van der Waals surface area contributed by atoms with Gasteiger partial charge < -0.3 is 9.64 Å². The zero-order valence-corrected chi connectivity index (χ0v) is 18.4. The molecule has 0 spiro atoms. The Morgan fingerprint density at radius 2 is 1.83 bits per heavy atom. The van der Waals surface area contributed by atoms with Crippen molar-refractivity contribution in [2.75, 3.05) is 26.7 Å². The normalized spacial score (nSPS) is 24.5. The molecule has 160 valence electrons. The van der Waals surface area contributed by atoms with Crippen LogP contribution in [-0.2, 0) is 14.8 Å². The first kappa shape index (κ1) is 20.9. The molecule has 4 rings (SSSR count). The number of fused-ring (bicyclic) bond motifs is 1. The van der Waals surface area contributed by atoms with E-state index in [4.69, 9.17) is 4.74 Å². The maximum Gasteiger partial charge on any atom is 0.243 e. The quantitative estimate of drug-likeness (QED) is 0.751. The number of sulfonamides is 1. The van der Waals surface area contributed by atoms with Crippen LogP contribution in [0.15, 0.2) is 53.4 Å². The van der Waals surface area contributed by atoms with Crippen LogP contribution in [0.1, 0.15) is 30.4 Å². The van der Waals surface area contributed by atoms with Gasteiger partial charge in [-0.3, -0.25) is 4.79 Å². The van der Waals surface area contributed by atoms with Gasteiger partial charge in [0.25, 0.3) is 0 Å². The van der Waals surface area contributed by atoms with Gasteiger partial charge in [-0.15, -0.1) is 0 Å². The van der Waals surface area contributed by atoms with Crippen LogP contribution >= 0.6 is 0 Å². The monoisotopic (exact) mass is 428 g/mol. The van der Waals surface area contributed by atoms with Gasteiger partial charge in [-0.25, -0.2) is 8.42 Å². The molecular formula is C23H28N2O4S. The summed E-state index contributed by atoms with van der Waals surface area (Å²) in [7, 11) is -1.93. The Hall–Kier alpha value is -2.38. The molecule has 0 unspecified atom stereocenters. The maximum absolute atomic E-state index is 13.3. The van der Waals surface area contributed by atoms with E-state index < -0.39 is 10.0 Å². The highest BCUT2D eigenvalue weighted by molar-refractivity contribution is 7.89. The molecule has 1 amide bonds. The van der Waals surface area contributed by atoms with E-state index in [-0.39, 0.29) is 23.8 Å². The number of nitrogens with zero attached hydrogens (tertiary/aromatic N) is 2. The highest BCUT2D eigenvalue weighted by Crippen LogP contribution is 2.43. The van der Waals surface area contributed by atoms with E-state index in [1.165, 1.54) is 0 Å². The Morgan fingerprint density at radius 3 is 2.50 bits per heavy atom. The van der Waals surface area contributed by atoms with Gasteiger partial charge in [-0.1, -0.05) is 29.8 Å². The predicted molar refractivity (Wildman–Crippen MR) is 115 cm³/mol. The van der Waals surface area contributed by atoms with E-state index in [0.717, 1.165) is 16.9 Å². The molecule has 0 aliphatic carbocycles. The van der Waals surface area contributed by atoms with Crippen molar-refractivity contribution in [1.29, 1.82) is 0 Å². The molecule has 7 heteroatoms. The molecule has 3 atom stereocenters. The molecule has 2 aromatic carbocycles. The summed E-state index contributed by atoms with van der Waals surface area (Å²) in [6.07, 6.45) is 0.649. The van der Waals surface area contributed by atoms with Crippen LogP contribution in [0.25, 0.3) is 0 Å². The summed E-state index contributed by atoms with van der Waals surface area (Å²) in [4.78, 5) is 14.5. The van der Waals surface area contributed by atoms with Crippen LogP contribution in [0.5, 0.6) is 5.75 Å². The lowest BCUT2D eigenvalue weighted by Crippen LogP contribution is -2.49. The average Bonchev–Trinajstić information content (AvgIpc) is 3.13. The number of carbonyl (C=O) groups is 1. The van der Waals surface area contributed by atoms with Crippen LogP contribution in [0.2, 0.25) is 0 Å². The number of rotatable bonds is 4. The van der Waals surface area contributed by atoms with E-state index in [1.54, 1.807) is 30.5 Å². The molecule has 0 saturated carbocycles. The van der Waals surface area contributed by atoms with Crippen molar-refractivity contribution in [2.45, 2.75) is 37.1 Å². The van der Waals surface area contributed by atoms with Crippen molar-refractivity contribution in [3.8, 4) is 5.75 Å². The molecule has 0 N–H and O–H groups in total. The van der Waals surface area contributed by atoms with Gasteiger partial charge >= 0.3 is 0 Å². The van der Waals surface area contributed by atoms with Crippen molar-refractivity contribution in [2.24, 2.45) is 5.92 Å². The molecule has 0 bridgehead atoms. The highest BCUT2D eigenvalue weighted by atomic mass is 32.2. The Labute approximate surface area is 178 Å². The lowest BCUT2D eigenvalue weighted by atomic mass is 9.82. The number of carbonyl (C=O) groups excluding carboxylic acids is 1. The number of likely N-dealkylation sites (tertiary alicyclic amines) is 1. The Bertz CT molecular complexity index is 1040. The molecule has 2 aromatic rings. The Balaban J connectivity index is 1.65. The van der Waals surface area contributed by atoms with Crippen LogP contribution < -0.4 is 4.74 Å². The number of amides is 1. The van der Waals surface area contributed by atoms with Crippen molar-refractivity contribution < 1.29 is 17.9 Å². The van der Waals surface area contributed by atoms with Crippen molar-refractivity contribution in [3.05, 3.63) is 59.7 Å². The SMILES string of the molecule is COc1cccc([C@@H]2CN(C(C)=O)[C@H]3CCN(S(=O)(=O)c4ccc(C)cc4)C[C@@H]23)c1. The van der Waals surface area contributed by atoms with Gasteiger partial charge in [0.1, 0.15) is 5.75 Å². The molecule has 2 saturated heterocycles. The Morgan fingerprint density at radius 1 is 1.10 bits per heavy atom. The number of aryl methyl sites for hydroxylation is 1. The topological polar surface area (TPSA) is 66.9 Å². The number of hydrogen-bond donors (Lipinski definition) is 0. The zero-order chi connectivity index (χ0) is 21.5. The first-order valence-corrected chi connectivity index (χ1v) is 11.7. The van der Waals surface area contributed by atoms with Gasteiger partial charge in [-0.05, 0) is 43.2 Å². The van der Waals surface area contributed by atoms with Crippen molar-refractivity contribution >= 4 is 15.9 Å². The first-order valence-electron chi connectivity index (χ1n) is 10.3. The number of methoxy groups -OCH3 is 1. The van der Waals surface area contributed by atoms with Crippen LogP contribution in [0, 0.1) is 12.8 Å². The lowest BCUT2D eigenvalue weighted by Gasteiger charge is -2.38. The predicted octanol–water partition coefficient (Wildman–Crippen LogP) is 3.03. The summed E-state index contributed by atoms with van der Waals surface area (Å²) in [5.74, 6) is 0.940. The summed E-state index contributed by atoms with van der Waals surface area (Å²) in [5.41, 5.74) is 2.11. The van der Waals surface area contributed by atoms with Gasteiger partial charge in [0, 0.05) is 44.4 Å². The van der Waals surface area contributed by atoms with Gasteiger partial charge in [-0.2, -0.15) is 4.31 Å². The second-order valence-corrected chi connectivity index (χ2v) is 10.2. The summed E-state index contributed by atoms with van der Waals surface area (Å²) >= 11 is 0. The lowest BCUT2D eigenvalue weighted by molar-refractivity contribution is -0.130. The van der Waals surface area contributed by atoms with E-state index in [1.807, 2.05) is 48.2 Å². The number of benzene rings is 2. The fraction of sp³-hybridized carbons (Fsp3) is 0.435. The third-order valence-corrected chi connectivity index (χ3v) is 8.36. The van der Waals surface area contributed by atoms with Crippen LogP contribution in [-0.4, -0.2) is 56.3 Å². The van der Waals surface area contributed by atoms with Gasteiger partial charge in [0.15, 0.2) is 0 Å². The minimum absolute atomic E-state index is 0.0465. The van der Waals surface area contributed by atoms with E-state index >= 15 is 0 Å². The molecule has 2 aliphatic rings. The molecular weight excluding hydrogens is 400 g/mol. The van der Waals surface area contributed by atoms with E-state index in [9.17, 15) is 13.2 Å². The summed E-state index contributed by atoms with van der Waals surface area (Å²) < 4.78 is 33.5. The zero-order valence-electron chi connectivity index (χ0n) is 17.6. The largest absolute Gasteiger partial charge is 0.497 e. The summed E-state index contributed by atoms with van der Waals surface area (Å²) in [6, 6.07) is 14.9. The second-order valence-electron chi connectivity index (χ2n) is 8.25. The fourth-order valence-electron chi connectivity index (χ4n) is 4.87. The molecule has 6 nitrogen and oxygen atoms in total. The number of piperidine rings is 1. The smallest absolute Gasteiger partial charge is 0.243 e. The third kappa shape index (κ3) is 3.72. The molecule has 2 fully saturated rings. The summed E-state index contributed by atoms with van der Waals surface area (Å²) in [6.45, 7) is 4.98. The van der Waals surface area contributed by atoms with Crippen molar-refractivity contribution in [3.63, 3.8) is 0 Å². The first-order chi connectivity index (χ1) is 14.3. The Kier molecular flexibility index (Phi) is 5.59. The second kappa shape index (κ2) is 8.04. The molecule has 0 radical (unpaired) electrons. The number of ether oxygens (including phenoxy) is 1. The van der Waals surface area contributed by atoms with Gasteiger partial charge in [0.05, 0.1) is 12.0 Å². The minimum atomic E-state index is -3.57. The van der Waals surface area contributed by atoms with Crippen molar-refractivity contribution in [1.82, 2.24) is 9.21 Å². The maximum atomic E-state index is 13.3. The minimum Gasteiger partial charge on any atom is -0.497 e. The average molecular weight is 429 g/mol. The third-order valence-electron chi connectivity index (χ3n) is 6.48. The van der Waals surface area contributed by atoms with Gasteiger partial charge in [0.2, 0.25) is 15.9 Å². The highest BCUT2D eigenvalue weighted by Gasteiger charge is 2.48. The van der Waals surface area contributed by atoms with E-state index in [0.29, 0.717) is 31.0 Å². The van der Waals surface area contributed by atoms with E-state index in [2.05, 4.69) is 0 Å². The van der Waals surface area contributed by atoms with Crippen LogP contribution in [0.4, 0.5) is 0 Å². The molecule has 2 heterocycles. The molecule has 30 heavy (non-hydrogen) atoms. The fourth-order valence-corrected chi connectivity index (χ4v) is 6.36. The molecule has 0 aromatic heterocycles. The number of hydrogen-bond acceptors (Lipinski definition) is 4. The summed E-state index contributed by atoms with van der Waals surface area (Å²) in [5, 5.41) is 0. The molecule has 2 aliphatic heterocycles. The van der Waals surface area contributed by atoms with Crippen LogP contribution in [0.3, 0.4) is 0 Å².